The second-order valence-electron chi connectivity index (χ2n) is 4.96. The van der Waals surface area contributed by atoms with Crippen LogP contribution in [0.5, 0.6) is 5.88 Å². The van der Waals surface area contributed by atoms with Crippen molar-refractivity contribution >= 4 is 0 Å². The molecule has 0 spiro atoms. The third kappa shape index (κ3) is 5.42. The van der Waals surface area contributed by atoms with E-state index in [1.54, 1.807) is 7.05 Å². The molecule has 0 radical (unpaired) electrons. The zero-order valence-electron chi connectivity index (χ0n) is 11.4. The molecule has 5 heteroatoms. The maximum Gasteiger partial charge on any atom is 0.218 e. The highest BCUT2D eigenvalue weighted by atomic mass is 19.1. The monoisotopic (exact) mass is 256 g/mol. The van der Waals surface area contributed by atoms with Gasteiger partial charge in [0.05, 0.1) is 18.4 Å². The van der Waals surface area contributed by atoms with E-state index < -0.39 is 0 Å². The summed E-state index contributed by atoms with van der Waals surface area (Å²) in [4.78, 5) is 3.94. The number of rotatable bonds is 6. The van der Waals surface area contributed by atoms with Crippen LogP contribution in [-0.2, 0) is 11.3 Å². The molecule has 0 aromatic carbocycles. The first-order valence-electron chi connectivity index (χ1n) is 5.98. The SMILES string of the molecule is CNCc1cc(F)cnc1OCCOC(C)(C)C. The standard InChI is InChI=1S/C13H21FN2O2/c1-13(2,3)18-6-5-17-12-10(8-15-4)7-11(14)9-16-12/h7,9,15H,5-6,8H2,1-4H3. The first-order chi connectivity index (χ1) is 8.42. The van der Waals surface area contributed by atoms with Crippen molar-refractivity contribution in [1.82, 2.24) is 10.3 Å². The van der Waals surface area contributed by atoms with Gasteiger partial charge in [0.25, 0.3) is 0 Å². The molecule has 0 atom stereocenters. The second-order valence-corrected chi connectivity index (χ2v) is 4.96. The molecule has 0 aliphatic rings. The van der Waals surface area contributed by atoms with Crippen LogP contribution in [0.2, 0.25) is 0 Å². The Labute approximate surface area is 108 Å². The van der Waals surface area contributed by atoms with Gasteiger partial charge in [0.15, 0.2) is 0 Å². The van der Waals surface area contributed by atoms with Crippen molar-refractivity contribution in [3.63, 3.8) is 0 Å². The number of aromatic nitrogens is 1. The molecule has 0 fully saturated rings. The number of ether oxygens (including phenoxy) is 2. The van der Waals surface area contributed by atoms with E-state index in [1.807, 2.05) is 20.8 Å². The summed E-state index contributed by atoms with van der Waals surface area (Å²) < 4.78 is 24.1. The van der Waals surface area contributed by atoms with E-state index in [0.717, 1.165) is 6.20 Å². The van der Waals surface area contributed by atoms with E-state index in [-0.39, 0.29) is 11.4 Å². The Morgan fingerprint density at radius 1 is 1.33 bits per heavy atom. The molecular formula is C13H21FN2O2. The fourth-order valence-electron chi connectivity index (χ4n) is 1.40. The van der Waals surface area contributed by atoms with E-state index in [9.17, 15) is 4.39 Å². The lowest BCUT2D eigenvalue weighted by molar-refractivity contribution is -0.0169. The molecule has 0 aliphatic heterocycles. The van der Waals surface area contributed by atoms with E-state index >= 15 is 0 Å². The van der Waals surface area contributed by atoms with Gasteiger partial charge >= 0.3 is 0 Å². The number of pyridine rings is 1. The summed E-state index contributed by atoms with van der Waals surface area (Å²) in [6.07, 6.45) is 1.15. The van der Waals surface area contributed by atoms with E-state index in [1.165, 1.54) is 6.07 Å². The third-order valence-corrected chi connectivity index (χ3v) is 2.12. The van der Waals surface area contributed by atoms with Gasteiger partial charge in [-0.1, -0.05) is 0 Å². The molecule has 0 aliphatic carbocycles. The normalized spacial score (nSPS) is 11.6. The van der Waals surface area contributed by atoms with Crippen LogP contribution in [0.3, 0.4) is 0 Å². The van der Waals surface area contributed by atoms with Crippen molar-refractivity contribution in [2.75, 3.05) is 20.3 Å². The molecule has 1 aromatic rings. The number of nitrogens with zero attached hydrogens (tertiary/aromatic N) is 1. The minimum absolute atomic E-state index is 0.187. The summed E-state index contributed by atoms with van der Waals surface area (Å²) >= 11 is 0. The van der Waals surface area contributed by atoms with E-state index in [2.05, 4.69) is 10.3 Å². The molecule has 18 heavy (non-hydrogen) atoms. The number of hydrogen-bond donors (Lipinski definition) is 1. The van der Waals surface area contributed by atoms with Crippen LogP contribution in [0.1, 0.15) is 26.3 Å². The zero-order valence-corrected chi connectivity index (χ0v) is 11.4. The summed E-state index contributed by atoms with van der Waals surface area (Å²) in [6.45, 7) is 7.33. The molecule has 0 bridgehead atoms. The molecule has 4 nitrogen and oxygen atoms in total. The minimum Gasteiger partial charge on any atom is -0.475 e. The Balaban J connectivity index is 2.51. The summed E-state index contributed by atoms with van der Waals surface area (Å²) in [5.41, 5.74) is 0.515. The highest BCUT2D eigenvalue weighted by Crippen LogP contribution is 2.16. The lowest BCUT2D eigenvalue weighted by atomic mass is 10.2. The van der Waals surface area contributed by atoms with Crippen LogP contribution >= 0.6 is 0 Å². The average molecular weight is 256 g/mol. The van der Waals surface area contributed by atoms with Crippen LogP contribution in [-0.4, -0.2) is 30.8 Å². The second kappa shape index (κ2) is 6.66. The largest absolute Gasteiger partial charge is 0.475 e. The van der Waals surface area contributed by atoms with Gasteiger partial charge in [-0.25, -0.2) is 9.37 Å². The Morgan fingerprint density at radius 3 is 2.67 bits per heavy atom. The predicted molar refractivity (Wildman–Crippen MR) is 68.2 cm³/mol. The number of hydrogen-bond acceptors (Lipinski definition) is 4. The van der Waals surface area contributed by atoms with Gasteiger partial charge in [0, 0.05) is 12.1 Å². The van der Waals surface area contributed by atoms with Gasteiger partial charge in [0.2, 0.25) is 5.88 Å². The fourth-order valence-corrected chi connectivity index (χ4v) is 1.40. The Kier molecular flexibility index (Phi) is 5.50. The minimum atomic E-state index is -0.362. The smallest absolute Gasteiger partial charge is 0.218 e. The molecule has 0 unspecified atom stereocenters. The summed E-state index contributed by atoms with van der Waals surface area (Å²) in [5.74, 6) is 0.0850. The average Bonchev–Trinajstić information content (AvgIpc) is 2.26. The Morgan fingerprint density at radius 2 is 2.06 bits per heavy atom. The van der Waals surface area contributed by atoms with Gasteiger partial charge in [0.1, 0.15) is 12.4 Å². The Hall–Kier alpha value is -1.20. The van der Waals surface area contributed by atoms with Gasteiger partial charge < -0.3 is 14.8 Å². The predicted octanol–water partition coefficient (Wildman–Crippen LogP) is 2.13. The molecule has 1 aromatic heterocycles. The molecule has 1 N–H and O–H groups in total. The summed E-state index contributed by atoms with van der Waals surface area (Å²) in [5, 5.41) is 2.95. The molecule has 0 saturated carbocycles. The molecule has 1 heterocycles. The van der Waals surface area contributed by atoms with Crippen LogP contribution < -0.4 is 10.1 Å². The van der Waals surface area contributed by atoms with Crippen molar-refractivity contribution in [3.8, 4) is 5.88 Å². The van der Waals surface area contributed by atoms with Crippen LogP contribution in [0.25, 0.3) is 0 Å². The quantitative estimate of drug-likeness (QED) is 0.792. The maximum absolute atomic E-state index is 13.0. The summed E-state index contributed by atoms with van der Waals surface area (Å²) in [7, 11) is 1.79. The van der Waals surface area contributed by atoms with Crippen LogP contribution in [0, 0.1) is 5.82 Å². The highest BCUT2D eigenvalue weighted by Gasteiger charge is 2.10. The van der Waals surface area contributed by atoms with Gasteiger partial charge in [-0.3, -0.25) is 0 Å². The van der Waals surface area contributed by atoms with Crippen molar-refractivity contribution in [2.45, 2.75) is 32.9 Å². The highest BCUT2D eigenvalue weighted by molar-refractivity contribution is 5.25. The van der Waals surface area contributed by atoms with Crippen LogP contribution in [0.4, 0.5) is 4.39 Å². The van der Waals surface area contributed by atoms with E-state index in [0.29, 0.717) is 31.2 Å². The van der Waals surface area contributed by atoms with Gasteiger partial charge in [-0.05, 0) is 33.9 Å². The molecule has 102 valence electrons. The van der Waals surface area contributed by atoms with E-state index in [4.69, 9.17) is 9.47 Å². The Bertz CT molecular complexity index is 378. The third-order valence-electron chi connectivity index (χ3n) is 2.12. The van der Waals surface area contributed by atoms with Gasteiger partial charge in [-0.15, -0.1) is 0 Å². The topological polar surface area (TPSA) is 43.4 Å². The van der Waals surface area contributed by atoms with Crippen molar-refractivity contribution in [1.29, 1.82) is 0 Å². The molecule has 0 saturated heterocycles. The molecular weight excluding hydrogens is 235 g/mol. The zero-order chi connectivity index (χ0) is 13.6. The number of halogens is 1. The first-order valence-corrected chi connectivity index (χ1v) is 5.98. The van der Waals surface area contributed by atoms with Crippen molar-refractivity contribution in [3.05, 3.63) is 23.6 Å². The fraction of sp³-hybridized carbons (Fsp3) is 0.615. The van der Waals surface area contributed by atoms with Gasteiger partial charge in [-0.2, -0.15) is 0 Å². The molecule has 0 amide bonds. The lowest BCUT2D eigenvalue weighted by Gasteiger charge is -2.19. The van der Waals surface area contributed by atoms with Crippen molar-refractivity contribution in [2.24, 2.45) is 0 Å². The number of nitrogens with one attached hydrogen (secondary N) is 1. The van der Waals surface area contributed by atoms with Crippen LogP contribution in [0.15, 0.2) is 12.3 Å². The lowest BCUT2D eigenvalue weighted by Crippen LogP contribution is -2.23. The first kappa shape index (κ1) is 14.9. The summed E-state index contributed by atoms with van der Waals surface area (Å²) in [6, 6.07) is 1.42. The maximum atomic E-state index is 13.0. The molecule has 1 rings (SSSR count). The van der Waals surface area contributed by atoms with Crippen molar-refractivity contribution < 1.29 is 13.9 Å².